The van der Waals surface area contributed by atoms with E-state index >= 15 is 0 Å². The van der Waals surface area contributed by atoms with Crippen LogP contribution in [0.1, 0.15) is 24.2 Å². The van der Waals surface area contributed by atoms with E-state index < -0.39 is 16.9 Å². The zero-order valence-electron chi connectivity index (χ0n) is 14.3. The lowest BCUT2D eigenvalue weighted by Gasteiger charge is -2.15. The molecule has 1 N–H and O–H groups in total. The topological polar surface area (TPSA) is 108 Å². The average Bonchev–Trinajstić information content (AvgIpc) is 2.63. The highest BCUT2D eigenvalue weighted by atomic mass is 16.6. The number of aldehydes is 1. The Morgan fingerprint density at radius 3 is 2.54 bits per heavy atom. The highest BCUT2D eigenvalue weighted by molar-refractivity contribution is 5.94. The quantitative estimate of drug-likeness (QED) is 0.441. The second-order valence-electron chi connectivity index (χ2n) is 5.31. The van der Waals surface area contributed by atoms with Crippen molar-refractivity contribution in [3.8, 4) is 11.5 Å². The highest BCUT2D eigenvalue weighted by Gasteiger charge is 2.21. The SMILES string of the molecule is CCOc1ccc(NC(=O)[C@@H](C)Oc2ccc(C=O)cc2[N+](=O)[O-])cc1. The van der Waals surface area contributed by atoms with Crippen LogP contribution in [0.15, 0.2) is 42.5 Å². The molecule has 0 aliphatic rings. The Kier molecular flexibility index (Phi) is 6.26. The van der Waals surface area contributed by atoms with Crippen molar-refractivity contribution in [2.75, 3.05) is 11.9 Å². The zero-order chi connectivity index (χ0) is 19.1. The van der Waals surface area contributed by atoms with E-state index in [1.54, 1.807) is 24.3 Å². The third-order valence-corrected chi connectivity index (χ3v) is 3.42. The number of hydrogen-bond donors (Lipinski definition) is 1. The molecule has 2 aromatic rings. The van der Waals surface area contributed by atoms with Gasteiger partial charge in [-0.1, -0.05) is 0 Å². The van der Waals surface area contributed by atoms with Gasteiger partial charge in [0, 0.05) is 17.3 Å². The molecule has 2 rings (SSSR count). The smallest absolute Gasteiger partial charge is 0.311 e. The lowest BCUT2D eigenvalue weighted by molar-refractivity contribution is -0.386. The molecule has 0 saturated carbocycles. The van der Waals surface area contributed by atoms with Gasteiger partial charge in [0.2, 0.25) is 0 Å². The molecular formula is C18H18N2O6. The number of nitrogens with one attached hydrogen (secondary N) is 1. The van der Waals surface area contributed by atoms with Crippen LogP contribution in [0.4, 0.5) is 11.4 Å². The predicted molar refractivity (Wildman–Crippen MR) is 94.8 cm³/mol. The van der Waals surface area contributed by atoms with Crippen molar-refractivity contribution >= 4 is 23.6 Å². The number of amides is 1. The Morgan fingerprint density at radius 1 is 1.27 bits per heavy atom. The van der Waals surface area contributed by atoms with Gasteiger partial charge >= 0.3 is 5.69 Å². The molecule has 0 aliphatic carbocycles. The van der Waals surface area contributed by atoms with E-state index in [9.17, 15) is 19.7 Å². The van der Waals surface area contributed by atoms with E-state index in [-0.39, 0.29) is 17.0 Å². The number of rotatable bonds is 8. The van der Waals surface area contributed by atoms with Crippen molar-refractivity contribution in [2.24, 2.45) is 0 Å². The first-order chi connectivity index (χ1) is 12.4. The number of benzene rings is 2. The number of nitrogens with zero attached hydrogens (tertiary/aromatic N) is 1. The van der Waals surface area contributed by atoms with E-state index in [1.165, 1.54) is 19.1 Å². The highest BCUT2D eigenvalue weighted by Crippen LogP contribution is 2.28. The Bertz CT molecular complexity index is 804. The first kappa shape index (κ1) is 18.9. The number of nitro groups is 1. The Labute approximate surface area is 149 Å². The van der Waals surface area contributed by atoms with Gasteiger partial charge in [-0.3, -0.25) is 19.7 Å². The molecule has 0 unspecified atom stereocenters. The summed E-state index contributed by atoms with van der Waals surface area (Å²) in [5, 5.41) is 13.8. The monoisotopic (exact) mass is 358 g/mol. The minimum absolute atomic E-state index is 0.0880. The van der Waals surface area contributed by atoms with Crippen LogP contribution >= 0.6 is 0 Å². The number of ether oxygens (including phenoxy) is 2. The van der Waals surface area contributed by atoms with Crippen LogP contribution in [0, 0.1) is 10.1 Å². The molecular weight excluding hydrogens is 340 g/mol. The second kappa shape index (κ2) is 8.61. The number of anilines is 1. The molecule has 1 amide bonds. The zero-order valence-corrected chi connectivity index (χ0v) is 14.3. The lowest BCUT2D eigenvalue weighted by Crippen LogP contribution is -2.30. The minimum atomic E-state index is -0.984. The lowest BCUT2D eigenvalue weighted by atomic mass is 10.2. The summed E-state index contributed by atoms with van der Waals surface area (Å²) in [5.74, 6) is 0.124. The van der Waals surface area contributed by atoms with Gasteiger partial charge in [0.05, 0.1) is 11.5 Å². The normalized spacial score (nSPS) is 11.3. The fourth-order valence-electron chi connectivity index (χ4n) is 2.14. The van der Waals surface area contributed by atoms with Crippen molar-refractivity contribution in [3.05, 3.63) is 58.1 Å². The molecule has 0 heterocycles. The summed E-state index contributed by atoms with van der Waals surface area (Å²) in [6.07, 6.45) is -0.485. The number of nitro benzene ring substituents is 1. The van der Waals surface area contributed by atoms with Gasteiger partial charge in [0.1, 0.15) is 12.0 Å². The summed E-state index contributed by atoms with van der Waals surface area (Å²) in [4.78, 5) is 33.4. The van der Waals surface area contributed by atoms with E-state index in [2.05, 4.69) is 5.32 Å². The largest absolute Gasteiger partial charge is 0.494 e. The first-order valence-electron chi connectivity index (χ1n) is 7.88. The molecule has 2 aromatic carbocycles. The maximum Gasteiger partial charge on any atom is 0.311 e. The average molecular weight is 358 g/mol. The number of carbonyl (C=O) groups is 2. The van der Waals surface area contributed by atoms with Gasteiger partial charge < -0.3 is 14.8 Å². The molecule has 26 heavy (non-hydrogen) atoms. The standard InChI is InChI=1S/C18H18N2O6/c1-3-25-15-7-5-14(6-8-15)19-18(22)12(2)26-17-9-4-13(11-21)10-16(17)20(23)24/h4-12H,3H2,1-2H3,(H,19,22)/t12-/m1/s1. The minimum Gasteiger partial charge on any atom is -0.494 e. The fourth-order valence-corrected chi connectivity index (χ4v) is 2.14. The van der Waals surface area contributed by atoms with E-state index in [0.29, 0.717) is 24.3 Å². The van der Waals surface area contributed by atoms with Crippen LogP contribution in [0.3, 0.4) is 0 Å². The molecule has 0 spiro atoms. The number of hydrogen-bond acceptors (Lipinski definition) is 6. The van der Waals surface area contributed by atoms with Gasteiger partial charge in [0.15, 0.2) is 11.9 Å². The summed E-state index contributed by atoms with van der Waals surface area (Å²) >= 11 is 0. The Hall–Kier alpha value is -3.42. The molecule has 0 fully saturated rings. The molecule has 0 aliphatic heterocycles. The van der Waals surface area contributed by atoms with Gasteiger partial charge in [-0.25, -0.2) is 0 Å². The van der Waals surface area contributed by atoms with Crippen LogP contribution in [0.25, 0.3) is 0 Å². The van der Waals surface area contributed by atoms with Gasteiger partial charge in [-0.15, -0.1) is 0 Å². The Balaban J connectivity index is 2.07. The summed E-state index contributed by atoms with van der Waals surface area (Å²) < 4.78 is 10.7. The van der Waals surface area contributed by atoms with Crippen molar-refractivity contribution in [2.45, 2.75) is 20.0 Å². The molecule has 8 nitrogen and oxygen atoms in total. The van der Waals surface area contributed by atoms with Crippen LogP contribution in [0.5, 0.6) is 11.5 Å². The predicted octanol–water partition coefficient (Wildman–Crippen LogP) is 3.21. The van der Waals surface area contributed by atoms with Gasteiger partial charge in [-0.05, 0) is 50.2 Å². The molecule has 8 heteroatoms. The van der Waals surface area contributed by atoms with Gasteiger partial charge in [-0.2, -0.15) is 0 Å². The molecule has 0 saturated heterocycles. The molecule has 136 valence electrons. The van der Waals surface area contributed by atoms with Crippen molar-refractivity contribution < 1.29 is 24.0 Å². The van der Waals surface area contributed by atoms with Gasteiger partial charge in [0.25, 0.3) is 5.91 Å². The van der Waals surface area contributed by atoms with Crippen LogP contribution in [-0.4, -0.2) is 29.8 Å². The van der Waals surface area contributed by atoms with Crippen LogP contribution in [0.2, 0.25) is 0 Å². The van der Waals surface area contributed by atoms with Crippen LogP contribution in [-0.2, 0) is 4.79 Å². The molecule has 1 atom stereocenters. The molecule has 0 radical (unpaired) electrons. The summed E-state index contributed by atoms with van der Waals surface area (Å²) in [6.45, 7) is 3.88. The van der Waals surface area contributed by atoms with Crippen molar-refractivity contribution in [3.63, 3.8) is 0 Å². The van der Waals surface area contributed by atoms with Crippen LogP contribution < -0.4 is 14.8 Å². The molecule has 0 bridgehead atoms. The Morgan fingerprint density at radius 2 is 1.96 bits per heavy atom. The molecule has 0 aromatic heterocycles. The van der Waals surface area contributed by atoms with E-state index in [0.717, 1.165) is 6.07 Å². The summed E-state index contributed by atoms with van der Waals surface area (Å²) in [5.41, 5.74) is 0.311. The maximum absolute atomic E-state index is 12.2. The maximum atomic E-state index is 12.2. The summed E-state index contributed by atoms with van der Waals surface area (Å²) in [7, 11) is 0. The second-order valence-corrected chi connectivity index (χ2v) is 5.31. The van der Waals surface area contributed by atoms with E-state index in [1.807, 2.05) is 6.92 Å². The third kappa shape index (κ3) is 4.79. The first-order valence-corrected chi connectivity index (χ1v) is 7.88. The number of carbonyl (C=O) groups excluding carboxylic acids is 2. The third-order valence-electron chi connectivity index (χ3n) is 3.42. The fraction of sp³-hybridized carbons (Fsp3) is 0.222. The van der Waals surface area contributed by atoms with Crippen molar-refractivity contribution in [1.29, 1.82) is 0 Å². The van der Waals surface area contributed by atoms with Crippen molar-refractivity contribution in [1.82, 2.24) is 0 Å². The summed E-state index contributed by atoms with van der Waals surface area (Å²) in [6, 6.07) is 10.6. The van der Waals surface area contributed by atoms with E-state index in [4.69, 9.17) is 9.47 Å².